The standard InChI is InChI=1S/C11H13N3O2S/c1-6(12)11(16)13-7-2-3-9-8(4-7)14-10(15)5-17-9/h2-4,6H,5,12H2,1H3,(H,13,16)(H,14,15)/t6-/m0/s1. The third-order valence-electron chi connectivity index (χ3n) is 2.29. The maximum absolute atomic E-state index is 11.4. The van der Waals surface area contributed by atoms with Gasteiger partial charge in [-0.15, -0.1) is 11.8 Å². The van der Waals surface area contributed by atoms with E-state index in [9.17, 15) is 9.59 Å². The van der Waals surface area contributed by atoms with Gasteiger partial charge >= 0.3 is 0 Å². The van der Waals surface area contributed by atoms with E-state index in [0.717, 1.165) is 10.6 Å². The van der Waals surface area contributed by atoms with Gasteiger partial charge in [-0.2, -0.15) is 0 Å². The van der Waals surface area contributed by atoms with Crippen molar-refractivity contribution < 1.29 is 9.59 Å². The first kappa shape index (κ1) is 11.9. The van der Waals surface area contributed by atoms with Crippen molar-refractivity contribution in [1.82, 2.24) is 0 Å². The largest absolute Gasteiger partial charge is 0.325 e. The van der Waals surface area contributed by atoms with Crippen LogP contribution < -0.4 is 16.4 Å². The average molecular weight is 251 g/mol. The number of hydrogen-bond acceptors (Lipinski definition) is 4. The van der Waals surface area contributed by atoms with Gasteiger partial charge < -0.3 is 16.4 Å². The van der Waals surface area contributed by atoms with E-state index in [1.165, 1.54) is 11.8 Å². The number of thioether (sulfide) groups is 1. The summed E-state index contributed by atoms with van der Waals surface area (Å²) in [7, 11) is 0. The molecule has 0 radical (unpaired) electrons. The predicted molar refractivity (Wildman–Crippen MR) is 68.1 cm³/mol. The molecule has 0 aromatic heterocycles. The molecule has 6 heteroatoms. The van der Waals surface area contributed by atoms with Gasteiger partial charge in [0.25, 0.3) is 0 Å². The van der Waals surface area contributed by atoms with Gasteiger partial charge in [-0.25, -0.2) is 0 Å². The molecule has 1 aliphatic heterocycles. The Morgan fingerprint density at radius 2 is 2.35 bits per heavy atom. The lowest BCUT2D eigenvalue weighted by molar-refractivity contribution is -0.117. The zero-order valence-electron chi connectivity index (χ0n) is 9.32. The predicted octanol–water partition coefficient (Wildman–Crippen LogP) is 1.02. The van der Waals surface area contributed by atoms with E-state index in [0.29, 0.717) is 11.4 Å². The fraction of sp³-hybridized carbons (Fsp3) is 0.273. The van der Waals surface area contributed by atoms with Gasteiger partial charge in [0.05, 0.1) is 17.5 Å². The molecule has 0 saturated heterocycles. The quantitative estimate of drug-likeness (QED) is 0.732. The van der Waals surface area contributed by atoms with E-state index >= 15 is 0 Å². The molecule has 0 fully saturated rings. The molecule has 1 atom stereocenters. The number of rotatable bonds is 2. The molecule has 17 heavy (non-hydrogen) atoms. The van der Waals surface area contributed by atoms with Gasteiger partial charge in [0.2, 0.25) is 11.8 Å². The Kier molecular flexibility index (Phi) is 3.35. The Morgan fingerprint density at radius 3 is 3.06 bits per heavy atom. The Morgan fingerprint density at radius 1 is 1.59 bits per heavy atom. The van der Waals surface area contributed by atoms with Crippen LogP contribution >= 0.6 is 11.8 Å². The highest BCUT2D eigenvalue weighted by molar-refractivity contribution is 8.00. The smallest absolute Gasteiger partial charge is 0.240 e. The summed E-state index contributed by atoms with van der Waals surface area (Å²) in [5, 5.41) is 5.44. The first-order valence-corrected chi connectivity index (χ1v) is 6.18. The van der Waals surface area contributed by atoms with Crippen LogP contribution in [0.1, 0.15) is 6.92 Å². The molecule has 1 heterocycles. The van der Waals surface area contributed by atoms with Crippen LogP contribution in [0.15, 0.2) is 23.1 Å². The minimum absolute atomic E-state index is 0.0295. The minimum atomic E-state index is -0.560. The van der Waals surface area contributed by atoms with Gasteiger partial charge in [-0.05, 0) is 25.1 Å². The maximum Gasteiger partial charge on any atom is 0.240 e. The van der Waals surface area contributed by atoms with Crippen molar-refractivity contribution >= 4 is 35.0 Å². The maximum atomic E-state index is 11.4. The lowest BCUT2D eigenvalue weighted by Crippen LogP contribution is -2.32. The van der Waals surface area contributed by atoms with E-state index in [2.05, 4.69) is 10.6 Å². The number of hydrogen-bond donors (Lipinski definition) is 3. The van der Waals surface area contributed by atoms with Gasteiger partial charge in [0, 0.05) is 10.6 Å². The molecule has 90 valence electrons. The lowest BCUT2D eigenvalue weighted by atomic mass is 10.2. The van der Waals surface area contributed by atoms with Gasteiger partial charge in [0.15, 0.2) is 0 Å². The molecule has 2 rings (SSSR count). The van der Waals surface area contributed by atoms with E-state index in [-0.39, 0.29) is 11.8 Å². The topological polar surface area (TPSA) is 84.2 Å². The Hall–Kier alpha value is -1.53. The molecule has 4 N–H and O–H groups in total. The van der Waals surface area contributed by atoms with Gasteiger partial charge in [-0.1, -0.05) is 0 Å². The van der Waals surface area contributed by atoms with Crippen LogP contribution in [-0.2, 0) is 9.59 Å². The summed E-state index contributed by atoms with van der Waals surface area (Å²) in [5.74, 6) is 0.149. The highest BCUT2D eigenvalue weighted by atomic mass is 32.2. The fourth-order valence-electron chi connectivity index (χ4n) is 1.42. The minimum Gasteiger partial charge on any atom is -0.325 e. The number of nitrogens with one attached hydrogen (secondary N) is 2. The zero-order chi connectivity index (χ0) is 12.4. The fourth-order valence-corrected chi connectivity index (χ4v) is 2.21. The number of carbonyl (C=O) groups excluding carboxylic acids is 2. The van der Waals surface area contributed by atoms with Crippen LogP contribution in [0.25, 0.3) is 0 Å². The van der Waals surface area contributed by atoms with E-state index < -0.39 is 6.04 Å². The molecular formula is C11H13N3O2S. The second-order valence-corrected chi connectivity index (χ2v) is 4.84. The first-order valence-electron chi connectivity index (χ1n) is 5.19. The van der Waals surface area contributed by atoms with Gasteiger partial charge in [0.1, 0.15) is 0 Å². The summed E-state index contributed by atoms with van der Waals surface area (Å²) in [5.41, 5.74) is 6.82. The summed E-state index contributed by atoms with van der Waals surface area (Å²) >= 11 is 1.48. The highest BCUT2D eigenvalue weighted by Gasteiger charge is 2.16. The Labute approximate surface area is 103 Å². The second-order valence-electron chi connectivity index (χ2n) is 3.83. The molecule has 1 aromatic rings. The van der Waals surface area contributed by atoms with E-state index in [4.69, 9.17) is 5.73 Å². The summed E-state index contributed by atoms with van der Waals surface area (Å²) < 4.78 is 0. The van der Waals surface area contributed by atoms with Crippen LogP contribution in [0.3, 0.4) is 0 Å². The SMILES string of the molecule is C[C@H](N)C(=O)Nc1ccc2c(c1)NC(=O)CS2. The van der Waals surface area contributed by atoms with Crippen molar-refractivity contribution in [1.29, 1.82) is 0 Å². The normalized spacial score (nSPS) is 15.8. The number of nitrogens with two attached hydrogens (primary N) is 1. The van der Waals surface area contributed by atoms with E-state index in [1.54, 1.807) is 19.1 Å². The number of fused-ring (bicyclic) bond motifs is 1. The second kappa shape index (κ2) is 4.77. The molecule has 0 bridgehead atoms. The van der Waals surface area contributed by atoms with Crippen molar-refractivity contribution in [3.8, 4) is 0 Å². The van der Waals surface area contributed by atoms with Crippen LogP contribution in [0.5, 0.6) is 0 Å². The third-order valence-corrected chi connectivity index (χ3v) is 3.37. The summed E-state index contributed by atoms with van der Waals surface area (Å²) in [6.45, 7) is 1.62. The summed E-state index contributed by atoms with van der Waals surface area (Å²) in [4.78, 5) is 23.6. The molecule has 5 nitrogen and oxygen atoms in total. The van der Waals surface area contributed by atoms with Crippen LogP contribution in [-0.4, -0.2) is 23.6 Å². The number of amides is 2. The number of carbonyl (C=O) groups is 2. The van der Waals surface area contributed by atoms with Crippen LogP contribution in [0.2, 0.25) is 0 Å². The first-order chi connectivity index (χ1) is 8.06. The molecule has 0 spiro atoms. The Balaban J connectivity index is 2.18. The monoisotopic (exact) mass is 251 g/mol. The number of anilines is 2. The van der Waals surface area contributed by atoms with Crippen LogP contribution in [0, 0.1) is 0 Å². The van der Waals surface area contributed by atoms with Crippen molar-refractivity contribution in [3.05, 3.63) is 18.2 Å². The van der Waals surface area contributed by atoms with Crippen molar-refractivity contribution in [2.45, 2.75) is 17.9 Å². The molecule has 2 amide bonds. The average Bonchev–Trinajstić information content (AvgIpc) is 2.28. The molecular weight excluding hydrogens is 238 g/mol. The molecule has 0 aliphatic carbocycles. The summed E-state index contributed by atoms with van der Waals surface area (Å²) in [6.07, 6.45) is 0. The van der Waals surface area contributed by atoms with Crippen molar-refractivity contribution in [3.63, 3.8) is 0 Å². The van der Waals surface area contributed by atoms with Gasteiger partial charge in [-0.3, -0.25) is 9.59 Å². The lowest BCUT2D eigenvalue weighted by Gasteiger charge is -2.17. The van der Waals surface area contributed by atoms with Crippen molar-refractivity contribution in [2.24, 2.45) is 5.73 Å². The molecule has 0 saturated carbocycles. The molecule has 1 aliphatic rings. The van der Waals surface area contributed by atoms with Crippen molar-refractivity contribution in [2.75, 3.05) is 16.4 Å². The third kappa shape index (κ3) is 2.78. The summed E-state index contributed by atoms with van der Waals surface area (Å²) in [6, 6.07) is 4.84. The highest BCUT2D eigenvalue weighted by Crippen LogP contribution is 2.33. The molecule has 1 aromatic carbocycles. The molecule has 0 unspecified atom stereocenters. The van der Waals surface area contributed by atoms with E-state index in [1.807, 2.05) is 6.07 Å². The number of benzene rings is 1. The Bertz CT molecular complexity index is 474. The van der Waals surface area contributed by atoms with Crippen LogP contribution in [0.4, 0.5) is 11.4 Å². The zero-order valence-corrected chi connectivity index (χ0v) is 10.1.